The van der Waals surface area contributed by atoms with Crippen molar-refractivity contribution in [2.24, 2.45) is 0 Å². The van der Waals surface area contributed by atoms with Gasteiger partial charge >= 0.3 is 0 Å². The zero-order valence-electron chi connectivity index (χ0n) is 16.6. The minimum Gasteiger partial charge on any atom is -0.493 e. The van der Waals surface area contributed by atoms with Crippen molar-refractivity contribution in [2.45, 2.75) is 13.3 Å². The molecule has 2 aromatic rings. The highest BCUT2D eigenvalue weighted by atomic mass is 19.1. The van der Waals surface area contributed by atoms with Crippen LogP contribution in [0.4, 0.5) is 10.1 Å². The first-order chi connectivity index (χ1) is 14.0. The van der Waals surface area contributed by atoms with Crippen LogP contribution in [0.15, 0.2) is 48.5 Å². The molecule has 0 radical (unpaired) electrons. The number of hydrogen-bond acceptors (Lipinski definition) is 4. The maximum atomic E-state index is 12.9. The molecule has 0 saturated carbocycles. The third-order valence-corrected chi connectivity index (χ3v) is 4.89. The predicted octanol–water partition coefficient (Wildman–Crippen LogP) is 2.69. The van der Waals surface area contributed by atoms with Crippen molar-refractivity contribution in [3.8, 4) is 5.75 Å². The Hall–Kier alpha value is -2.93. The summed E-state index contributed by atoms with van der Waals surface area (Å²) < 4.78 is 18.6. The van der Waals surface area contributed by atoms with Crippen LogP contribution in [0.3, 0.4) is 0 Å². The van der Waals surface area contributed by atoms with Crippen molar-refractivity contribution in [3.05, 3.63) is 59.9 Å². The van der Waals surface area contributed by atoms with Gasteiger partial charge in [0.2, 0.25) is 11.8 Å². The average molecular weight is 399 g/mol. The molecule has 7 heteroatoms. The molecule has 1 aliphatic rings. The number of aryl methyl sites for hydroxylation is 1. The van der Waals surface area contributed by atoms with Gasteiger partial charge in [0.05, 0.1) is 19.6 Å². The van der Waals surface area contributed by atoms with E-state index in [0.29, 0.717) is 44.9 Å². The van der Waals surface area contributed by atoms with E-state index >= 15 is 0 Å². The minimum atomic E-state index is -0.340. The van der Waals surface area contributed by atoms with Crippen LogP contribution in [-0.4, -0.2) is 60.9 Å². The van der Waals surface area contributed by atoms with Gasteiger partial charge in [-0.25, -0.2) is 4.39 Å². The summed E-state index contributed by atoms with van der Waals surface area (Å²) >= 11 is 0. The van der Waals surface area contributed by atoms with Crippen LogP contribution in [0, 0.1) is 12.7 Å². The van der Waals surface area contributed by atoms with Crippen LogP contribution in [0.5, 0.6) is 5.75 Å². The third-order valence-electron chi connectivity index (χ3n) is 4.89. The number of ether oxygens (including phenoxy) is 1. The number of nitrogens with zero attached hydrogens (tertiary/aromatic N) is 2. The highest BCUT2D eigenvalue weighted by Gasteiger charge is 2.22. The molecule has 1 aliphatic heterocycles. The van der Waals surface area contributed by atoms with Crippen LogP contribution in [-0.2, 0) is 9.59 Å². The van der Waals surface area contributed by atoms with Crippen molar-refractivity contribution in [1.82, 2.24) is 9.80 Å². The zero-order valence-corrected chi connectivity index (χ0v) is 16.6. The molecule has 1 heterocycles. The number of carbonyl (C=O) groups is 2. The Morgan fingerprint density at radius 2 is 1.72 bits per heavy atom. The molecule has 2 amide bonds. The Balaban J connectivity index is 1.36. The summed E-state index contributed by atoms with van der Waals surface area (Å²) in [5.74, 6) is 0.377. The molecule has 0 unspecified atom stereocenters. The van der Waals surface area contributed by atoms with Crippen LogP contribution >= 0.6 is 0 Å². The Labute approximate surface area is 170 Å². The molecule has 2 aromatic carbocycles. The molecule has 3 rings (SSSR count). The van der Waals surface area contributed by atoms with Crippen LogP contribution in [0.1, 0.15) is 12.0 Å². The molecule has 6 nitrogen and oxygen atoms in total. The van der Waals surface area contributed by atoms with Gasteiger partial charge in [-0.3, -0.25) is 14.5 Å². The standard InChI is InChI=1S/C22H26FN3O3/c1-17-4-2-3-5-20(17)29-15-10-22(28)26-13-11-25(12-14-26)16-21(27)24-19-8-6-18(23)7-9-19/h2-9H,10-16H2,1H3,(H,24,27). The van der Waals surface area contributed by atoms with Gasteiger partial charge in [-0.2, -0.15) is 0 Å². The van der Waals surface area contributed by atoms with Crippen molar-refractivity contribution in [3.63, 3.8) is 0 Å². The van der Waals surface area contributed by atoms with Crippen LogP contribution in [0.25, 0.3) is 0 Å². The highest BCUT2D eigenvalue weighted by molar-refractivity contribution is 5.92. The summed E-state index contributed by atoms with van der Waals surface area (Å²) in [6, 6.07) is 13.4. The molecule has 29 heavy (non-hydrogen) atoms. The summed E-state index contributed by atoms with van der Waals surface area (Å²) in [5.41, 5.74) is 1.62. The van der Waals surface area contributed by atoms with Crippen molar-refractivity contribution >= 4 is 17.5 Å². The number of halogens is 1. The largest absolute Gasteiger partial charge is 0.493 e. The lowest BCUT2D eigenvalue weighted by Crippen LogP contribution is -2.50. The Morgan fingerprint density at radius 3 is 2.41 bits per heavy atom. The normalized spacial score (nSPS) is 14.5. The van der Waals surface area contributed by atoms with Crippen LogP contribution < -0.4 is 10.1 Å². The number of hydrogen-bond donors (Lipinski definition) is 1. The summed E-state index contributed by atoms with van der Waals surface area (Å²) in [5, 5.41) is 2.75. The third kappa shape index (κ3) is 6.29. The number of rotatable bonds is 7. The van der Waals surface area contributed by atoms with E-state index in [-0.39, 0.29) is 24.2 Å². The summed E-state index contributed by atoms with van der Waals surface area (Å²) in [6.45, 7) is 5.03. The maximum absolute atomic E-state index is 12.9. The van der Waals surface area contributed by atoms with E-state index in [2.05, 4.69) is 5.32 Å². The molecule has 0 bridgehead atoms. The summed E-state index contributed by atoms with van der Waals surface area (Å²) in [7, 11) is 0. The second kappa shape index (κ2) is 10.0. The van der Waals surface area contributed by atoms with Crippen molar-refractivity contribution in [1.29, 1.82) is 0 Å². The van der Waals surface area contributed by atoms with Gasteiger partial charge in [-0.15, -0.1) is 0 Å². The van der Waals surface area contributed by atoms with E-state index in [1.807, 2.05) is 41.0 Å². The van der Waals surface area contributed by atoms with Crippen molar-refractivity contribution < 1.29 is 18.7 Å². The summed E-state index contributed by atoms with van der Waals surface area (Å²) in [6.07, 6.45) is 0.333. The molecule has 1 fully saturated rings. The van der Waals surface area contributed by atoms with Gasteiger partial charge in [0.1, 0.15) is 11.6 Å². The lowest BCUT2D eigenvalue weighted by molar-refractivity contribution is -0.133. The van der Waals surface area contributed by atoms with Gasteiger partial charge in [-0.1, -0.05) is 18.2 Å². The zero-order chi connectivity index (χ0) is 20.6. The second-order valence-corrected chi connectivity index (χ2v) is 7.08. The number of nitrogens with one attached hydrogen (secondary N) is 1. The van der Waals surface area contributed by atoms with Crippen molar-refractivity contribution in [2.75, 3.05) is 44.6 Å². The number of benzene rings is 2. The van der Waals surface area contributed by atoms with E-state index < -0.39 is 0 Å². The number of piperazine rings is 1. The lowest BCUT2D eigenvalue weighted by atomic mass is 10.2. The van der Waals surface area contributed by atoms with E-state index in [1.165, 1.54) is 24.3 Å². The van der Waals surface area contributed by atoms with Crippen LogP contribution in [0.2, 0.25) is 0 Å². The lowest BCUT2D eigenvalue weighted by Gasteiger charge is -2.34. The monoisotopic (exact) mass is 399 g/mol. The molecular formula is C22H26FN3O3. The first-order valence-corrected chi connectivity index (χ1v) is 9.75. The van der Waals surface area contributed by atoms with Gasteiger partial charge in [0.25, 0.3) is 0 Å². The molecule has 1 N–H and O–H groups in total. The minimum absolute atomic E-state index is 0.0639. The quantitative estimate of drug-likeness (QED) is 0.778. The van der Waals surface area contributed by atoms with Gasteiger partial charge in [0, 0.05) is 31.9 Å². The average Bonchev–Trinajstić information content (AvgIpc) is 2.71. The number of anilines is 1. The van der Waals surface area contributed by atoms with Gasteiger partial charge < -0.3 is 15.0 Å². The Morgan fingerprint density at radius 1 is 1.03 bits per heavy atom. The highest BCUT2D eigenvalue weighted by Crippen LogP contribution is 2.16. The van der Waals surface area contributed by atoms with E-state index in [1.54, 1.807) is 0 Å². The molecule has 0 atom stereocenters. The second-order valence-electron chi connectivity index (χ2n) is 7.08. The van der Waals surface area contributed by atoms with Gasteiger partial charge in [-0.05, 0) is 42.8 Å². The fourth-order valence-electron chi connectivity index (χ4n) is 3.22. The maximum Gasteiger partial charge on any atom is 0.238 e. The predicted molar refractivity (Wildman–Crippen MR) is 109 cm³/mol. The Kier molecular flexibility index (Phi) is 7.19. The molecule has 0 aliphatic carbocycles. The SMILES string of the molecule is Cc1ccccc1OCCC(=O)N1CCN(CC(=O)Nc2ccc(F)cc2)CC1. The summed E-state index contributed by atoms with van der Waals surface area (Å²) in [4.78, 5) is 28.4. The fraction of sp³-hybridized carbons (Fsp3) is 0.364. The number of carbonyl (C=O) groups excluding carboxylic acids is 2. The van der Waals surface area contributed by atoms with Gasteiger partial charge in [0.15, 0.2) is 0 Å². The molecule has 1 saturated heterocycles. The number of amides is 2. The smallest absolute Gasteiger partial charge is 0.238 e. The molecular weight excluding hydrogens is 373 g/mol. The van der Waals surface area contributed by atoms with E-state index in [4.69, 9.17) is 4.74 Å². The number of para-hydroxylation sites is 1. The van der Waals surface area contributed by atoms with E-state index in [0.717, 1.165) is 11.3 Å². The Bertz CT molecular complexity index is 833. The first kappa shape index (κ1) is 20.8. The fourth-order valence-corrected chi connectivity index (χ4v) is 3.22. The molecule has 154 valence electrons. The first-order valence-electron chi connectivity index (χ1n) is 9.75. The topological polar surface area (TPSA) is 61.9 Å². The molecule has 0 aromatic heterocycles. The molecule has 0 spiro atoms. The van der Waals surface area contributed by atoms with E-state index in [9.17, 15) is 14.0 Å².